The van der Waals surface area contributed by atoms with Crippen molar-refractivity contribution in [1.82, 2.24) is 19.7 Å². The molecule has 6 heteroatoms. The number of anilines is 1. The zero-order valence-electron chi connectivity index (χ0n) is 10.3. The van der Waals surface area contributed by atoms with E-state index in [1.54, 1.807) is 12.4 Å². The summed E-state index contributed by atoms with van der Waals surface area (Å²) in [6.45, 7) is 3.02. The molecule has 0 radical (unpaired) electrons. The van der Waals surface area contributed by atoms with Gasteiger partial charge in [-0.05, 0) is 24.5 Å². The summed E-state index contributed by atoms with van der Waals surface area (Å²) >= 11 is 0. The van der Waals surface area contributed by atoms with Gasteiger partial charge in [0.2, 0.25) is 0 Å². The number of aromatic nitrogens is 4. The third kappa shape index (κ3) is 2.84. The van der Waals surface area contributed by atoms with E-state index in [0.29, 0.717) is 23.3 Å². The standard InChI is InChI=1S/C12H17N5O/c1-9(5-6-18)7-17-8-14-16-12(17)10-3-2-4-11(13)15-10/h2-4,8-9,18H,5-7H2,1H3,(H2,13,15). The Hall–Kier alpha value is -1.95. The lowest BCUT2D eigenvalue weighted by atomic mass is 10.1. The van der Waals surface area contributed by atoms with Crippen LogP contribution in [0.3, 0.4) is 0 Å². The molecule has 18 heavy (non-hydrogen) atoms. The quantitative estimate of drug-likeness (QED) is 0.820. The van der Waals surface area contributed by atoms with Crippen molar-refractivity contribution >= 4 is 5.82 Å². The fourth-order valence-corrected chi connectivity index (χ4v) is 1.81. The highest BCUT2D eigenvalue weighted by atomic mass is 16.3. The fraction of sp³-hybridized carbons (Fsp3) is 0.417. The van der Waals surface area contributed by atoms with Crippen LogP contribution in [0.2, 0.25) is 0 Å². The maximum atomic E-state index is 8.92. The summed E-state index contributed by atoms with van der Waals surface area (Å²) in [5.74, 6) is 1.52. The second kappa shape index (κ2) is 5.59. The molecule has 2 aromatic rings. The van der Waals surface area contributed by atoms with Crippen LogP contribution in [0.1, 0.15) is 13.3 Å². The molecule has 0 spiro atoms. The lowest BCUT2D eigenvalue weighted by Crippen LogP contribution is -2.10. The van der Waals surface area contributed by atoms with Crippen molar-refractivity contribution in [3.63, 3.8) is 0 Å². The van der Waals surface area contributed by atoms with Gasteiger partial charge in [-0.15, -0.1) is 10.2 Å². The summed E-state index contributed by atoms with van der Waals surface area (Å²) in [5, 5.41) is 16.9. The van der Waals surface area contributed by atoms with Gasteiger partial charge in [0.15, 0.2) is 5.82 Å². The molecule has 3 N–H and O–H groups in total. The van der Waals surface area contributed by atoms with Crippen molar-refractivity contribution in [1.29, 1.82) is 0 Å². The molecule has 0 saturated carbocycles. The van der Waals surface area contributed by atoms with Crippen molar-refractivity contribution in [3.8, 4) is 11.5 Å². The molecule has 2 aromatic heterocycles. The van der Waals surface area contributed by atoms with Crippen molar-refractivity contribution in [2.75, 3.05) is 12.3 Å². The maximum Gasteiger partial charge on any atom is 0.182 e. The Morgan fingerprint density at radius 1 is 1.44 bits per heavy atom. The molecule has 0 aromatic carbocycles. The van der Waals surface area contributed by atoms with Gasteiger partial charge in [0.1, 0.15) is 17.8 Å². The number of aliphatic hydroxyl groups is 1. The molecule has 6 nitrogen and oxygen atoms in total. The smallest absolute Gasteiger partial charge is 0.182 e. The second-order valence-corrected chi connectivity index (χ2v) is 4.37. The summed E-state index contributed by atoms with van der Waals surface area (Å²) in [7, 11) is 0. The van der Waals surface area contributed by atoms with Crippen LogP contribution < -0.4 is 5.73 Å². The zero-order chi connectivity index (χ0) is 13.0. The predicted molar refractivity (Wildman–Crippen MR) is 68.5 cm³/mol. The minimum atomic E-state index is 0.190. The molecule has 1 atom stereocenters. The minimum Gasteiger partial charge on any atom is -0.396 e. The van der Waals surface area contributed by atoms with E-state index >= 15 is 0 Å². The summed E-state index contributed by atoms with van der Waals surface area (Å²) in [6.07, 6.45) is 2.43. The van der Waals surface area contributed by atoms with Crippen LogP contribution in [0.5, 0.6) is 0 Å². The van der Waals surface area contributed by atoms with Crippen molar-refractivity contribution in [3.05, 3.63) is 24.5 Å². The van der Waals surface area contributed by atoms with Gasteiger partial charge in [0.25, 0.3) is 0 Å². The molecule has 96 valence electrons. The van der Waals surface area contributed by atoms with Crippen molar-refractivity contribution < 1.29 is 5.11 Å². The number of hydrogen-bond acceptors (Lipinski definition) is 5. The monoisotopic (exact) mass is 247 g/mol. The largest absolute Gasteiger partial charge is 0.396 e. The molecule has 2 rings (SSSR count). The summed E-state index contributed by atoms with van der Waals surface area (Å²) in [4.78, 5) is 4.23. The highest BCUT2D eigenvalue weighted by Crippen LogP contribution is 2.17. The van der Waals surface area contributed by atoms with E-state index < -0.39 is 0 Å². The predicted octanol–water partition coefficient (Wildman–Crippen LogP) is 0.941. The van der Waals surface area contributed by atoms with Gasteiger partial charge < -0.3 is 15.4 Å². The topological polar surface area (TPSA) is 89.8 Å². The Morgan fingerprint density at radius 3 is 3.00 bits per heavy atom. The number of nitrogens with zero attached hydrogens (tertiary/aromatic N) is 4. The van der Waals surface area contributed by atoms with Crippen LogP contribution >= 0.6 is 0 Å². The normalized spacial score (nSPS) is 12.6. The average Bonchev–Trinajstić information content (AvgIpc) is 2.77. The average molecular weight is 247 g/mol. The Balaban J connectivity index is 2.22. The molecule has 0 saturated heterocycles. The number of aliphatic hydroxyl groups excluding tert-OH is 1. The van der Waals surface area contributed by atoms with Crippen molar-refractivity contribution in [2.45, 2.75) is 19.9 Å². The van der Waals surface area contributed by atoms with E-state index in [9.17, 15) is 0 Å². The van der Waals surface area contributed by atoms with Gasteiger partial charge in [-0.2, -0.15) is 0 Å². The van der Waals surface area contributed by atoms with Gasteiger partial charge in [0.05, 0.1) is 0 Å². The Bertz CT molecular complexity index is 511. The Labute approximate surface area is 105 Å². The highest BCUT2D eigenvalue weighted by molar-refractivity contribution is 5.52. The molecule has 0 aliphatic heterocycles. The first-order valence-electron chi connectivity index (χ1n) is 5.92. The molecule has 1 unspecified atom stereocenters. The van der Waals surface area contributed by atoms with E-state index in [1.807, 2.05) is 16.7 Å². The van der Waals surface area contributed by atoms with E-state index in [1.165, 1.54) is 0 Å². The van der Waals surface area contributed by atoms with Gasteiger partial charge >= 0.3 is 0 Å². The van der Waals surface area contributed by atoms with E-state index in [-0.39, 0.29) is 6.61 Å². The van der Waals surface area contributed by atoms with Gasteiger partial charge in [-0.1, -0.05) is 13.0 Å². The molecule has 0 amide bonds. The van der Waals surface area contributed by atoms with E-state index in [2.05, 4.69) is 22.1 Å². The molecule has 0 aliphatic rings. The number of rotatable bonds is 5. The van der Waals surface area contributed by atoms with E-state index in [4.69, 9.17) is 10.8 Å². The third-order valence-corrected chi connectivity index (χ3v) is 2.75. The van der Waals surface area contributed by atoms with Crippen molar-refractivity contribution in [2.24, 2.45) is 5.92 Å². The maximum absolute atomic E-state index is 8.92. The first-order valence-corrected chi connectivity index (χ1v) is 5.92. The highest BCUT2D eigenvalue weighted by Gasteiger charge is 2.11. The molecule has 0 aliphatic carbocycles. The van der Waals surface area contributed by atoms with Crippen LogP contribution in [0.25, 0.3) is 11.5 Å². The van der Waals surface area contributed by atoms with Crippen LogP contribution in [0.4, 0.5) is 5.82 Å². The lowest BCUT2D eigenvalue weighted by molar-refractivity contribution is 0.254. The number of hydrogen-bond donors (Lipinski definition) is 2. The Kier molecular flexibility index (Phi) is 3.88. The molecular formula is C12H17N5O. The number of nitrogen functional groups attached to an aromatic ring is 1. The number of nitrogens with two attached hydrogens (primary N) is 1. The van der Waals surface area contributed by atoms with Crippen LogP contribution in [0.15, 0.2) is 24.5 Å². The molecule has 0 fully saturated rings. The first-order chi connectivity index (χ1) is 8.70. The summed E-state index contributed by atoms with van der Waals surface area (Å²) < 4.78 is 1.93. The fourth-order valence-electron chi connectivity index (χ4n) is 1.81. The Morgan fingerprint density at radius 2 is 2.28 bits per heavy atom. The zero-order valence-corrected chi connectivity index (χ0v) is 10.3. The SMILES string of the molecule is CC(CCO)Cn1cnnc1-c1cccc(N)n1. The molecular weight excluding hydrogens is 230 g/mol. The van der Waals surface area contributed by atoms with Crippen LogP contribution in [-0.4, -0.2) is 31.5 Å². The third-order valence-electron chi connectivity index (χ3n) is 2.75. The molecule has 2 heterocycles. The van der Waals surface area contributed by atoms with Crippen LogP contribution in [-0.2, 0) is 6.54 Å². The van der Waals surface area contributed by atoms with Gasteiger partial charge in [-0.25, -0.2) is 4.98 Å². The number of pyridine rings is 1. The van der Waals surface area contributed by atoms with Gasteiger partial charge in [-0.3, -0.25) is 0 Å². The van der Waals surface area contributed by atoms with Gasteiger partial charge in [0, 0.05) is 13.2 Å². The summed E-state index contributed by atoms with van der Waals surface area (Å²) in [6, 6.07) is 5.43. The van der Waals surface area contributed by atoms with Crippen LogP contribution in [0, 0.1) is 5.92 Å². The summed E-state index contributed by atoms with van der Waals surface area (Å²) in [5.41, 5.74) is 6.37. The lowest BCUT2D eigenvalue weighted by Gasteiger charge is -2.12. The first kappa shape index (κ1) is 12.5. The second-order valence-electron chi connectivity index (χ2n) is 4.37. The molecule has 0 bridgehead atoms. The van der Waals surface area contributed by atoms with E-state index in [0.717, 1.165) is 13.0 Å². The minimum absolute atomic E-state index is 0.190.